The lowest BCUT2D eigenvalue weighted by atomic mass is 9.89. The first-order valence-corrected chi connectivity index (χ1v) is 8.51. The summed E-state index contributed by atoms with van der Waals surface area (Å²) in [6.07, 6.45) is 2.45. The quantitative estimate of drug-likeness (QED) is 0.872. The molecule has 1 aromatic carbocycles. The Morgan fingerprint density at radius 2 is 1.90 bits per heavy atom. The molecule has 0 amide bonds. The highest BCUT2D eigenvalue weighted by molar-refractivity contribution is 5.21. The third-order valence-electron chi connectivity index (χ3n) is 5.00. The van der Waals surface area contributed by atoms with Gasteiger partial charge in [-0.2, -0.15) is 0 Å². The molecule has 118 valence electrons. The van der Waals surface area contributed by atoms with Gasteiger partial charge >= 0.3 is 0 Å². The lowest BCUT2D eigenvalue weighted by Gasteiger charge is -2.49. The molecule has 21 heavy (non-hydrogen) atoms. The van der Waals surface area contributed by atoms with E-state index in [0.717, 1.165) is 19.0 Å². The lowest BCUT2D eigenvalue weighted by molar-refractivity contribution is 0.0435. The smallest absolute Gasteiger partial charge is 0.0476 e. The molecule has 2 heteroatoms. The van der Waals surface area contributed by atoms with Crippen LogP contribution in [0.3, 0.4) is 0 Å². The molecule has 2 rings (SSSR count). The normalized spacial score (nSPS) is 28.8. The molecule has 1 aromatic rings. The maximum atomic E-state index is 3.79. The molecule has 0 spiro atoms. The molecule has 1 saturated heterocycles. The van der Waals surface area contributed by atoms with E-state index in [2.05, 4.69) is 75.2 Å². The van der Waals surface area contributed by atoms with Crippen molar-refractivity contribution in [2.24, 2.45) is 5.92 Å². The van der Waals surface area contributed by atoms with Crippen molar-refractivity contribution in [2.75, 3.05) is 13.1 Å². The molecular formula is C19H32N2. The largest absolute Gasteiger partial charge is 0.308 e. The number of rotatable bonds is 5. The van der Waals surface area contributed by atoms with E-state index in [9.17, 15) is 0 Å². The fraction of sp³-hybridized carbons (Fsp3) is 0.684. The monoisotopic (exact) mass is 288 g/mol. The number of benzene rings is 1. The van der Waals surface area contributed by atoms with Crippen LogP contribution in [0.1, 0.15) is 59.1 Å². The predicted octanol–water partition coefficient (Wildman–Crippen LogP) is 4.24. The molecule has 2 nitrogen and oxygen atoms in total. The van der Waals surface area contributed by atoms with Gasteiger partial charge in [0.15, 0.2) is 0 Å². The Balaban J connectivity index is 2.22. The first-order valence-electron chi connectivity index (χ1n) is 8.51. The van der Waals surface area contributed by atoms with Gasteiger partial charge in [0, 0.05) is 30.7 Å². The van der Waals surface area contributed by atoms with Gasteiger partial charge in [-0.15, -0.1) is 0 Å². The van der Waals surface area contributed by atoms with Crippen LogP contribution in [0.4, 0.5) is 0 Å². The standard InChI is InChI=1S/C19H32N2/c1-6-19(5)14-21(16(4)12-15(2)3)18(13-20-19)17-10-8-7-9-11-17/h7-11,15-16,18,20H,6,12-14H2,1-5H3. The van der Waals surface area contributed by atoms with Crippen molar-refractivity contribution in [2.45, 2.75) is 65.1 Å². The maximum absolute atomic E-state index is 3.79. The fourth-order valence-corrected chi connectivity index (χ4v) is 3.53. The van der Waals surface area contributed by atoms with E-state index in [0.29, 0.717) is 12.1 Å². The SMILES string of the molecule is CCC1(C)CN(C(C)CC(C)C)C(c2ccccc2)CN1. The highest BCUT2D eigenvalue weighted by Gasteiger charge is 2.37. The van der Waals surface area contributed by atoms with Gasteiger partial charge in [0.05, 0.1) is 0 Å². The van der Waals surface area contributed by atoms with Crippen molar-refractivity contribution in [1.82, 2.24) is 10.2 Å². The van der Waals surface area contributed by atoms with Crippen molar-refractivity contribution >= 4 is 0 Å². The van der Waals surface area contributed by atoms with Crippen molar-refractivity contribution in [3.05, 3.63) is 35.9 Å². The van der Waals surface area contributed by atoms with Crippen molar-refractivity contribution in [1.29, 1.82) is 0 Å². The van der Waals surface area contributed by atoms with E-state index >= 15 is 0 Å². The summed E-state index contributed by atoms with van der Waals surface area (Å²) >= 11 is 0. The third kappa shape index (κ3) is 4.08. The molecule has 0 saturated carbocycles. The van der Waals surface area contributed by atoms with Crippen LogP contribution in [0.2, 0.25) is 0 Å². The maximum Gasteiger partial charge on any atom is 0.0476 e. The zero-order chi connectivity index (χ0) is 15.5. The van der Waals surface area contributed by atoms with Gasteiger partial charge in [-0.25, -0.2) is 0 Å². The van der Waals surface area contributed by atoms with Gasteiger partial charge < -0.3 is 5.32 Å². The van der Waals surface area contributed by atoms with Gasteiger partial charge in [0.25, 0.3) is 0 Å². The van der Waals surface area contributed by atoms with E-state index in [1.54, 1.807) is 0 Å². The Bertz CT molecular complexity index is 428. The van der Waals surface area contributed by atoms with Crippen LogP contribution >= 0.6 is 0 Å². The lowest BCUT2D eigenvalue weighted by Crippen LogP contribution is -2.61. The summed E-state index contributed by atoms with van der Waals surface area (Å²) < 4.78 is 0. The number of hydrogen-bond donors (Lipinski definition) is 1. The highest BCUT2D eigenvalue weighted by Crippen LogP contribution is 2.31. The Morgan fingerprint density at radius 1 is 1.24 bits per heavy atom. The molecule has 0 bridgehead atoms. The first-order chi connectivity index (χ1) is 9.95. The molecule has 0 aliphatic carbocycles. The molecule has 3 atom stereocenters. The van der Waals surface area contributed by atoms with Crippen LogP contribution < -0.4 is 5.32 Å². The topological polar surface area (TPSA) is 15.3 Å². The molecular weight excluding hydrogens is 256 g/mol. The first kappa shape index (κ1) is 16.5. The number of hydrogen-bond acceptors (Lipinski definition) is 2. The van der Waals surface area contributed by atoms with Crippen molar-refractivity contribution < 1.29 is 0 Å². The summed E-state index contributed by atoms with van der Waals surface area (Å²) in [5.41, 5.74) is 1.69. The summed E-state index contributed by atoms with van der Waals surface area (Å²) in [5, 5.41) is 3.79. The molecule has 1 fully saturated rings. The van der Waals surface area contributed by atoms with E-state index in [1.165, 1.54) is 18.4 Å². The average Bonchev–Trinajstić information content (AvgIpc) is 2.47. The van der Waals surface area contributed by atoms with Crippen LogP contribution in [0.5, 0.6) is 0 Å². The van der Waals surface area contributed by atoms with Crippen molar-refractivity contribution in [3.63, 3.8) is 0 Å². The second kappa shape index (κ2) is 6.93. The van der Waals surface area contributed by atoms with Crippen LogP contribution in [0, 0.1) is 5.92 Å². The van der Waals surface area contributed by atoms with Crippen LogP contribution in [0.15, 0.2) is 30.3 Å². The summed E-state index contributed by atoms with van der Waals surface area (Å²) in [7, 11) is 0. The highest BCUT2D eigenvalue weighted by atomic mass is 15.3. The predicted molar refractivity (Wildman–Crippen MR) is 91.5 cm³/mol. The van der Waals surface area contributed by atoms with Crippen LogP contribution in [0.25, 0.3) is 0 Å². The second-order valence-electron chi connectivity index (χ2n) is 7.37. The van der Waals surface area contributed by atoms with E-state index in [-0.39, 0.29) is 5.54 Å². The van der Waals surface area contributed by atoms with Crippen molar-refractivity contribution in [3.8, 4) is 0 Å². The summed E-state index contributed by atoms with van der Waals surface area (Å²) in [5.74, 6) is 0.749. The minimum absolute atomic E-state index is 0.247. The minimum atomic E-state index is 0.247. The number of nitrogens with zero attached hydrogens (tertiary/aromatic N) is 1. The third-order valence-corrected chi connectivity index (χ3v) is 5.00. The summed E-state index contributed by atoms with van der Waals surface area (Å²) in [6.45, 7) is 13.9. The van der Waals surface area contributed by atoms with Gasteiger partial charge in [0.1, 0.15) is 0 Å². The van der Waals surface area contributed by atoms with Gasteiger partial charge in [-0.05, 0) is 38.2 Å². The Morgan fingerprint density at radius 3 is 2.48 bits per heavy atom. The second-order valence-corrected chi connectivity index (χ2v) is 7.37. The molecule has 1 heterocycles. The summed E-state index contributed by atoms with van der Waals surface area (Å²) in [6, 6.07) is 12.1. The summed E-state index contributed by atoms with van der Waals surface area (Å²) in [4.78, 5) is 2.73. The molecule has 1 aliphatic rings. The van der Waals surface area contributed by atoms with Gasteiger partial charge in [-0.3, -0.25) is 4.90 Å². The number of nitrogens with one attached hydrogen (secondary N) is 1. The zero-order valence-electron chi connectivity index (χ0n) is 14.4. The average molecular weight is 288 g/mol. The van der Waals surface area contributed by atoms with Gasteiger partial charge in [-0.1, -0.05) is 51.1 Å². The fourth-order valence-electron chi connectivity index (χ4n) is 3.53. The van der Waals surface area contributed by atoms with E-state index in [4.69, 9.17) is 0 Å². The molecule has 0 aromatic heterocycles. The number of piperazine rings is 1. The van der Waals surface area contributed by atoms with Gasteiger partial charge in [0.2, 0.25) is 0 Å². The van der Waals surface area contributed by atoms with E-state index < -0.39 is 0 Å². The molecule has 1 N–H and O–H groups in total. The molecule has 3 unspecified atom stereocenters. The Hall–Kier alpha value is -0.860. The minimum Gasteiger partial charge on any atom is -0.308 e. The van der Waals surface area contributed by atoms with E-state index in [1.807, 2.05) is 0 Å². The molecule has 1 aliphatic heterocycles. The zero-order valence-corrected chi connectivity index (χ0v) is 14.4. The molecule has 0 radical (unpaired) electrons. The Labute approximate surface area is 130 Å². The van der Waals surface area contributed by atoms with Crippen LogP contribution in [-0.2, 0) is 0 Å². The Kier molecular flexibility index (Phi) is 5.45. The van der Waals surface area contributed by atoms with Crippen LogP contribution in [-0.4, -0.2) is 29.6 Å².